The molecule has 1 aliphatic heterocycles. The van der Waals surface area contributed by atoms with Gasteiger partial charge in [-0.15, -0.1) is 0 Å². The van der Waals surface area contributed by atoms with Gasteiger partial charge >= 0.3 is 0 Å². The number of halogens is 1. The Kier molecular flexibility index (Phi) is 5.44. The van der Waals surface area contributed by atoms with Gasteiger partial charge < -0.3 is 9.47 Å². The van der Waals surface area contributed by atoms with Gasteiger partial charge in [-0.05, 0) is 34.6 Å². The average Bonchev–Trinajstić information content (AvgIpc) is 2.13. The van der Waals surface area contributed by atoms with E-state index in [9.17, 15) is 0 Å². The second-order valence-corrected chi connectivity index (χ2v) is 7.00. The monoisotopic (exact) mass is 307 g/mol. The van der Waals surface area contributed by atoms with E-state index in [1.54, 1.807) is 0 Å². The Labute approximate surface area is 114 Å². The smallest absolute Gasteiger partial charge is 0.0806 e. The lowest BCUT2D eigenvalue weighted by Crippen LogP contribution is -2.54. The highest BCUT2D eigenvalue weighted by molar-refractivity contribution is 9.09. The summed E-state index contributed by atoms with van der Waals surface area (Å²) in [6.45, 7) is 14.3. The van der Waals surface area contributed by atoms with Crippen molar-refractivity contribution in [2.45, 2.75) is 51.9 Å². The van der Waals surface area contributed by atoms with Crippen LogP contribution in [0.1, 0.15) is 34.6 Å². The molecule has 0 bridgehead atoms. The Bertz CT molecular complexity index is 238. The molecule has 4 heteroatoms. The van der Waals surface area contributed by atoms with Crippen molar-refractivity contribution in [3.8, 4) is 0 Å². The first-order chi connectivity index (χ1) is 7.72. The molecule has 0 spiro atoms. The molecule has 0 aromatic heterocycles. The number of nitrogens with zero attached hydrogens (tertiary/aromatic N) is 1. The molecule has 0 aromatic carbocycles. The van der Waals surface area contributed by atoms with Crippen molar-refractivity contribution < 1.29 is 9.47 Å². The molecule has 1 atom stereocenters. The van der Waals surface area contributed by atoms with Crippen molar-refractivity contribution in [3.63, 3.8) is 0 Å². The van der Waals surface area contributed by atoms with E-state index in [1.807, 2.05) is 0 Å². The summed E-state index contributed by atoms with van der Waals surface area (Å²) in [6, 6.07) is 0. The maximum Gasteiger partial charge on any atom is 0.0806 e. The highest BCUT2D eigenvalue weighted by Gasteiger charge is 2.32. The quantitative estimate of drug-likeness (QED) is 0.745. The maximum absolute atomic E-state index is 5.97. The summed E-state index contributed by atoms with van der Waals surface area (Å²) in [5, 5.41) is 0.896. The normalized spacial score (nSPS) is 26.1. The van der Waals surface area contributed by atoms with Gasteiger partial charge in [0.25, 0.3) is 0 Å². The zero-order valence-electron chi connectivity index (χ0n) is 11.8. The van der Waals surface area contributed by atoms with E-state index in [-0.39, 0.29) is 17.3 Å². The molecule has 1 rings (SSSR count). The van der Waals surface area contributed by atoms with Crippen LogP contribution in [0.15, 0.2) is 0 Å². The van der Waals surface area contributed by atoms with Gasteiger partial charge in [0.2, 0.25) is 0 Å². The Morgan fingerprint density at radius 2 is 2.06 bits per heavy atom. The van der Waals surface area contributed by atoms with Crippen LogP contribution >= 0.6 is 15.9 Å². The van der Waals surface area contributed by atoms with Crippen molar-refractivity contribution in [2.75, 3.05) is 31.6 Å². The molecule has 1 heterocycles. The van der Waals surface area contributed by atoms with Crippen molar-refractivity contribution in [3.05, 3.63) is 0 Å². The fourth-order valence-corrected chi connectivity index (χ4v) is 2.49. The standard InChI is InChI=1S/C13H26BrNO2/c1-12(2,3)16-7-6-15-9-11(8-14)17-13(4,5)10-15/h11H,6-10H2,1-5H3. The summed E-state index contributed by atoms with van der Waals surface area (Å²) < 4.78 is 11.7. The molecular weight excluding hydrogens is 282 g/mol. The third kappa shape index (κ3) is 6.18. The summed E-state index contributed by atoms with van der Waals surface area (Å²) in [5.41, 5.74) is -0.102. The summed E-state index contributed by atoms with van der Waals surface area (Å²) in [6.07, 6.45) is 0.286. The van der Waals surface area contributed by atoms with Crippen molar-refractivity contribution in [2.24, 2.45) is 0 Å². The van der Waals surface area contributed by atoms with Crippen molar-refractivity contribution in [1.82, 2.24) is 4.90 Å². The molecule has 3 nitrogen and oxygen atoms in total. The molecule has 0 aliphatic carbocycles. The number of hydrogen-bond acceptors (Lipinski definition) is 3. The third-order valence-corrected chi connectivity index (χ3v) is 3.39. The molecule has 1 aliphatic rings. The molecule has 0 saturated carbocycles. The number of alkyl halides is 1. The number of rotatable bonds is 4. The minimum absolute atomic E-state index is 0.0450. The largest absolute Gasteiger partial charge is 0.375 e. The van der Waals surface area contributed by atoms with Crippen LogP contribution in [0.5, 0.6) is 0 Å². The van der Waals surface area contributed by atoms with Crippen LogP contribution in [0.3, 0.4) is 0 Å². The molecule has 1 fully saturated rings. The predicted octanol–water partition coefficient (Wildman–Crippen LogP) is 2.68. The van der Waals surface area contributed by atoms with Gasteiger partial charge in [-0.3, -0.25) is 4.90 Å². The molecule has 1 unspecified atom stereocenters. The summed E-state index contributed by atoms with van der Waals surface area (Å²) >= 11 is 3.51. The van der Waals surface area contributed by atoms with E-state index in [1.165, 1.54) is 0 Å². The average molecular weight is 308 g/mol. The Balaban J connectivity index is 2.37. The lowest BCUT2D eigenvalue weighted by Gasteiger charge is -2.42. The first kappa shape index (κ1) is 15.4. The van der Waals surface area contributed by atoms with E-state index < -0.39 is 0 Å². The van der Waals surface area contributed by atoms with Crippen molar-refractivity contribution in [1.29, 1.82) is 0 Å². The van der Waals surface area contributed by atoms with Crippen molar-refractivity contribution >= 4 is 15.9 Å². The molecule has 0 radical (unpaired) electrons. The Morgan fingerprint density at radius 1 is 1.41 bits per heavy atom. The SMILES string of the molecule is CC(C)(C)OCCN1CC(CBr)OC(C)(C)C1. The van der Waals surface area contributed by atoms with Crippen LogP contribution in [0.4, 0.5) is 0 Å². The van der Waals surface area contributed by atoms with Gasteiger partial charge in [0.15, 0.2) is 0 Å². The van der Waals surface area contributed by atoms with Crippen LogP contribution < -0.4 is 0 Å². The van der Waals surface area contributed by atoms with Gasteiger partial charge in [-0.25, -0.2) is 0 Å². The number of ether oxygens (including phenoxy) is 2. The fraction of sp³-hybridized carbons (Fsp3) is 1.00. The van der Waals surface area contributed by atoms with Crippen LogP contribution in [0.25, 0.3) is 0 Å². The van der Waals surface area contributed by atoms with E-state index >= 15 is 0 Å². The first-order valence-corrected chi connectivity index (χ1v) is 7.44. The van der Waals surface area contributed by atoms with E-state index in [2.05, 4.69) is 55.4 Å². The summed E-state index contributed by atoms with van der Waals surface area (Å²) in [5.74, 6) is 0. The topological polar surface area (TPSA) is 21.7 Å². The van der Waals surface area contributed by atoms with Crippen LogP contribution in [0, 0.1) is 0 Å². The third-order valence-electron chi connectivity index (χ3n) is 2.67. The highest BCUT2D eigenvalue weighted by atomic mass is 79.9. The van der Waals surface area contributed by atoms with Crippen LogP contribution in [-0.4, -0.2) is 53.8 Å². The lowest BCUT2D eigenvalue weighted by molar-refractivity contribution is -0.132. The van der Waals surface area contributed by atoms with E-state index in [0.29, 0.717) is 0 Å². The first-order valence-electron chi connectivity index (χ1n) is 6.32. The summed E-state index contributed by atoms with van der Waals surface area (Å²) in [7, 11) is 0. The number of morpholine rings is 1. The molecule has 0 aromatic rings. The van der Waals surface area contributed by atoms with Gasteiger partial charge in [0, 0.05) is 25.0 Å². The minimum atomic E-state index is -0.0571. The predicted molar refractivity (Wildman–Crippen MR) is 74.9 cm³/mol. The Hall–Kier alpha value is 0.360. The fourth-order valence-electron chi connectivity index (χ4n) is 2.15. The maximum atomic E-state index is 5.97. The molecule has 17 heavy (non-hydrogen) atoms. The molecule has 1 saturated heterocycles. The molecule has 102 valence electrons. The van der Waals surface area contributed by atoms with E-state index in [4.69, 9.17) is 9.47 Å². The molecule has 0 amide bonds. The van der Waals surface area contributed by atoms with Gasteiger partial charge in [0.1, 0.15) is 0 Å². The summed E-state index contributed by atoms with van der Waals surface area (Å²) in [4.78, 5) is 2.43. The van der Waals surface area contributed by atoms with E-state index in [0.717, 1.165) is 31.6 Å². The highest BCUT2D eigenvalue weighted by Crippen LogP contribution is 2.22. The zero-order valence-corrected chi connectivity index (χ0v) is 13.3. The van der Waals surface area contributed by atoms with Gasteiger partial charge in [-0.1, -0.05) is 15.9 Å². The van der Waals surface area contributed by atoms with Gasteiger partial charge in [-0.2, -0.15) is 0 Å². The van der Waals surface area contributed by atoms with Gasteiger partial charge in [0.05, 0.1) is 23.9 Å². The second kappa shape index (κ2) is 6.00. The Morgan fingerprint density at radius 3 is 2.59 bits per heavy atom. The lowest BCUT2D eigenvalue weighted by atomic mass is 10.1. The van der Waals surface area contributed by atoms with Crippen LogP contribution in [0.2, 0.25) is 0 Å². The minimum Gasteiger partial charge on any atom is -0.375 e. The molecular formula is C13H26BrNO2. The second-order valence-electron chi connectivity index (χ2n) is 6.35. The zero-order chi connectivity index (χ0) is 13.1. The van der Waals surface area contributed by atoms with Crippen LogP contribution in [-0.2, 0) is 9.47 Å². The number of hydrogen-bond donors (Lipinski definition) is 0. The molecule has 0 N–H and O–H groups in total.